The SMILES string of the molecule is O=S(=O)(NC1CCCCC1CO)c1c[nH]c2ncccc12. The van der Waals surface area contributed by atoms with Crippen LogP contribution < -0.4 is 4.72 Å². The van der Waals surface area contributed by atoms with Crippen LogP contribution in [0.1, 0.15) is 25.7 Å². The number of H-pyrrole nitrogens is 1. The summed E-state index contributed by atoms with van der Waals surface area (Å²) in [7, 11) is -3.62. The first kappa shape index (κ1) is 14.5. The number of nitrogens with zero attached hydrogens (tertiary/aromatic N) is 1. The van der Waals surface area contributed by atoms with Crippen LogP contribution in [-0.4, -0.2) is 36.1 Å². The smallest absolute Gasteiger partial charge is 0.243 e. The van der Waals surface area contributed by atoms with Gasteiger partial charge in [-0.3, -0.25) is 0 Å². The summed E-state index contributed by atoms with van der Waals surface area (Å²) in [6.45, 7) is 0.0165. The lowest BCUT2D eigenvalue weighted by Crippen LogP contribution is -2.43. The van der Waals surface area contributed by atoms with Gasteiger partial charge in [-0.1, -0.05) is 12.8 Å². The lowest BCUT2D eigenvalue weighted by molar-refractivity contribution is 0.164. The molecule has 0 radical (unpaired) electrons. The summed E-state index contributed by atoms with van der Waals surface area (Å²) in [6, 6.07) is 3.25. The van der Waals surface area contributed by atoms with Gasteiger partial charge in [0.05, 0.1) is 0 Å². The van der Waals surface area contributed by atoms with Crippen LogP contribution in [0.4, 0.5) is 0 Å². The van der Waals surface area contributed by atoms with Crippen molar-refractivity contribution in [2.24, 2.45) is 5.92 Å². The number of fused-ring (bicyclic) bond motifs is 1. The predicted octanol–water partition coefficient (Wildman–Crippen LogP) is 1.39. The minimum absolute atomic E-state index is 0.00291. The van der Waals surface area contributed by atoms with Crippen molar-refractivity contribution in [2.45, 2.75) is 36.6 Å². The number of sulfonamides is 1. The first-order valence-corrected chi connectivity index (χ1v) is 8.65. The second kappa shape index (κ2) is 5.75. The Morgan fingerprint density at radius 1 is 1.38 bits per heavy atom. The van der Waals surface area contributed by atoms with Gasteiger partial charge in [-0.2, -0.15) is 0 Å². The van der Waals surface area contributed by atoms with E-state index < -0.39 is 10.0 Å². The summed E-state index contributed by atoms with van der Waals surface area (Å²) < 4.78 is 27.9. The minimum Gasteiger partial charge on any atom is -0.396 e. The van der Waals surface area contributed by atoms with E-state index in [0.29, 0.717) is 11.0 Å². The van der Waals surface area contributed by atoms with Crippen LogP contribution in [0.2, 0.25) is 0 Å². The molecule has 1 aliphatic rings. The molecule has 1 aliphatic carbocycles. The maximum absolute atomic E-state index is 12.6. The van der Waals surface area contributed by atoms with Gasteiger partial charge < -0.3 is 10.1 Å². The molecule has 21 heavy (non-hydrogen) atoms. The Morgan fingerprint density at radius 2 is 2.19 bits per heavy atom. The summed E-state index contributed by atoms with van der Waals surface area (Å²) in [5.41, 5.74) is 0.556. The number of aromatic amines is 1. The van der Waals surface area contributed by atoms with Crippen LogP contribution in [0.5, 0.6) is 0 Å². The van der Waals surface area contributed by atoms with Crippen molar-refractivity contribution in [2.75, 3.05) is 6.61 Å². The number of hydrogen-bond donors (Lipinski definition) is 3. The molecule has 114 valence electrons. The second-order valence-electron chi connectivity index (χ2n) is 5.51. The molecular weight excluding hydrogens is 290 g/mol. The van der Waals surface area contributed by atoms with Gasteiger partial charge in [-0.15, -0.1) is 0 Å². The molecule has 7 heteroatoms. The van der Waals surface area contributed by atoms with Gasteiger partial charge in [0.2, 0.25) is 10.0 Å². The van der Waals surface area contributed by atoms with Crippen LogP contribution in [0.15, 0.2) is 29.4 Å². The Kier molecular flexibility index (Phi) is 3.97. The summed E-state index contributed by atoms with van der Waals surface area (Å²) in [5.74, 6) is -0.00291. The summed E-state index contributed by atoms with van der Waals surface area (Å²) in [6.07, 6.45) is 6.74. The third-order valence-electron chi connectivity index (χ3n) is 4.15. The normalized spacial score (nSPS) is 23.5. The van der Waals surface area contributed by atoms with Crippen LogP contribution in [0.3, 0.4) is 0 Å². The fraction of sp³-hybridized carbons (Fsp3) is 0.500. The standard InChI is InChI=1S/C14H19N3O3S/c18-9-10-4-1-2-6-12(10)17-21(19,20)13-8-16-14-11(13)5-3-7-15-14/h3,5,7-8,10,12,17-18H,1-2,4,6,9H2,(H,15,16). The lowest BCUT2D eigenvalue weighted by atomic mass is 9.86. The molecule has 2 aromatic heterocycles. The van der Waals surface area contributed by atoms with Crippen molar-refractivity contribution in [3.63, 3.8) is 0 Å². The molecule has 2 aromatic rings. The highest BCUT2D eigenvalue weighted by Gasteiger charge is 2.30. The van der Waals surface area contributed by atoms with Gasteiger partial charge >= 0.3 is 0 Å². The van der Waals surface area contributed by atoms with Crippen molar-refractivity contribution in [3.8, 4) is 0 Å². The highest BCUT2D eigenvalue weighted by molar-refractivity contribution is 7.89. The van der Waals surface area contributed by atoms with E-state index in [1.54, 1.807) is 18.3 Å². The van der Waals surface area contributed by atoms with Crippen LogP contribution in [0, 0.1) is 5.92 Å². The van der Waals surface area contributed by atoms with E-state index in [4.69, 9.17) is 0 Å². The van der Waals surface area contributed by atoms with E-state index >= 15 is 0 Å². The first-order chi connectivity index (χ1) is 10.1. The summed E-state index contributed by atoms with van der Waals surface area (Å²) in [4.78, 5) is 7.20. The molecule has 3 rings (SSSR count). The van der Waals surface area contributed by atoms with Gasteiger partial charge in [0, 0.05) is 30.4 Å². The van der Waals surface area contributed by atoms with Gasteiger partial charge in [-0.05, 0) is 30.9 Å². The molecule has 0 bridgehead atoms. The highest BCUT2D eigenvalue weighted by Crippen LogP contribution is 2.27. The van der Waals surface area contributed by atoms with Gasteiger partial charge in [0.1, 0.15) is 10.5 Å². The van der Waals surface area contributed by atoms with Gasteiger partial charge in [0.25, 0.3) is 0 Å². The third-order valence-corrected chi connectivity index (χ3v) is 5.68. The number of aliphatic hydroxyl groups excluding tert-OH is 1. The van der Waals surface area contributed by atoms with E-state index in [-0.39, 0.29) is 23.5 Å². The first-order valence-electron chi connectivity index (χ1n) is 7.17. The minimum atomic E-state index is -3.62. The molecule has 3 N–H and O–H groups in total. The predicted molar refractivity (Wildman–Crippen MR) is 79.2 cm³/mol. The lowest BCUT2D eigenvalue weighted by Gasteiger charge is -2.30. The number of aliphatic hydroxyl groups is 1. The third kappa shape index (κ3) is 2.81. The molecule has 0 amide bonds. The number of pyridine rings is 1. The summed E-state index contributed by atoms with van der Waals surface area (Å²) in [5, 5.41) is 9.99. The Bertz CT molecular complexity index is 726. The topological polar surface area (TPSA) is 95.1 Å². The van der Waals surface area contributed by atoms with Crippen molar-refractivity contribution in [1.82, 2.24) is 14.7 Å². The molecule has 2 atom stereocenters. The average molecular weight is 309 g/mol. The molecular formula is C14H19N3O3S. The quantitative estimate of drug-likeness (QED) is 0.795. The van der Waals surface area contributed by atoms with E-state index in [9.17, 15) is 13.5 Å². The Hall–Kier alpha value is -1.44. The van der Waals surface area contributed by atoms with Crippen molar-refractivity contribution in [1.29, 1.82) is 0 Å². The largest absolute Gasteiger partial charge is 0.396 e. The van der Waals surface area contributed by atoms with E-state index in [2.05, 4.69) is 14.7 Å². The zero-order chi connectivity index (χ0) is 14.9. The van der Waals surface area contributed by atoms with Crippen molar-refractivity contribution < 1.29 is 13.5 Å². The van der Waals surface area contributed by atoms with E-state index in [1.165, 1.54) is 6.20 Å². The molecule has 2 heterocycles. The Balaban J connectivity index is 1.90. The zero-order valence-corrected chi connectivity index (χ0v) is 12.4. The molecule has 1 fully saturated rings. The van der Waals surface area contributed by atoms with Crippen LogP contribution in [-0.2, 0) is 10.0 Å². The zero-order valence-electron chi connectivity index (χ0n) is 11.6. The molecule has 1 saturated carbocycles. The molecule has 2 unspecified atom stereocenters. The van der Waals surface area contributed by atoms with Crippen LogP contribution >= 0.6 is 0 Å². The highest BCUT2D eigenvalue weighted by atomic mass is 32.2. The van der Waals surface area contributed by atoms with Crippen LogP contribution in [0.25, 0.3) is 11.0 Å². The molecule has 0 spiro atoms. The maximum atomic E-state index is 12.6. The van der Waals surface area contributed by atoms with E-state index in [0.717, 1.165) is 25.7 Å². The monoisotopic (exact) mass is 309 g/mol. The molecule has 0 saturated heterocycles. The number of hydrogen-bond acceptors (Lipinski definition) is 4. The number of rotatable bonds is 4. The molecule has 6 nitrogen and oxygen atoms in total. The Morgan fingerprint density at radius 3 is 3.00 bits per heavy atom. The fourth-order valence-electron chi connectivity index (χ4n) is 3.00. The molecule has 0 aromatic carbocycles. The fourth-order valence-corrected chi connectivity index (χ4v) is 4.50. The molecule has 0 aliphatic heterocycles. The Labute approximate surface area is 123 Å². The number of aromatic nitrogens is 2. The maximum Gasteiger partial charge on any atom is 0.243 e. The van der Waals surface area contributed by atoms with Crippen molar-refractivity contribution in [3.05, 3.63) is 24.5 Å². The van der Waals surface area contributed by atoms with Gasteiger partial charge in [-0.25, -0.2) is 18.1 Å². The number of nitrogens with one attached hydrogen (secondary N) is 2. The van der Waals surface area contributed by atoms with Gasteiger partial charge in [0.15, 0.2) is 0 Å². The second-order valence-corrected chi connectivity index (χ2v) is 7.19. The summed E-state index contributed by atoms with van der Waals surface area (Å²) >= 11 is 0. The van der Waals surface area contributed by atoms with E-state index in [1.807, 2.05) is 0 Å². The average Bonchev–Trinajstić information content (AvgIpc) is 2.92. The van der Waals surface area contributed by atoms with Crippen molar-refractivity contribution >= 4 is 21.1 Å².